The van der Waals surface area contributed by atoms with Gasteiger partial charge in [-0.05, 0) is 43.5 Å². The standard InChI is InChI=1S/C15H23FN2/c1-2-3-8-17-12-13-6-7-14(16)15(11-13)18-9-4-5-10-18/h6-7,11,17H,2-5,8-10,12H2,1H3. The van der Waals surface area contributed by atoms with Crippen LogP contribution in [-0.2, 0) is 6.54 Å². The van der Waals surface area contributed by atoms with Gasteiger partial charge in [-0.25, -0.2) is 4.39 Å². The molecule has 2 rings (SSSR count). The molecule has 2 nitrogen and oxygen atoms in total. The second-order valence-electron chi connectivity index (χ2n) is 5.01. The maximum atomic E-state index is 13.8. The van der Waals surface area contributed by atoms with Crippen LogP contribution in [0.3, 0.4) is 0 Å². The molecule has 0 atom stereocenters. The Kier molecular flexibility index (Phi) is 5.00. The fourth-order valence-electron chi connectivity index (χ4n) is 2.40. The van der Waals surface area contributed by atoms with Gasteiger partial charge in [0.05, 0.1) is 5.69 Å². The molecule has 0 bridgehead atoms. The zero-order chi connectivity index (χ0) is 12.8. The Morgan fingerprint density at radius 2 is 2.06 bits per heavy atom. The minimum absolute atomic E-state index is 0.0887. The minimum atomic E-state index is -0.0887. The van der Waals surface area contributed by atoms with E-state index in [0.717, 1.165) is 31.9 Å². The number of benzene rings is 1. The summed E-state index contributed by atoms with van der Waals surface area (Å²) in [6.07, 6.45) is 4.76. The number of hydrogen-bond acceptors (Lipinski definition) is 2. The Balaban J connectivity index is 1.97. The molecule has 100 valence electrons. The van der Waals surface area contributed by atoms with Gasteiger partial charge in [-0.15, -0.1) is 0 Å². The maximum absolute atomic E-state index is 13.8. The molecule has 0 aromatic heterocycles. The van der Waals surface area contributed by atoms with Gasteiger partial charge in [0.15, 0.2) is 0 Å². The van der Waals surface area contributed by atoms with E-state index in [-0.39, 0.29) is 5.82 Å². The molecule has 3 heteroatoms. The molecule has 0 radical (unpaired) electrons. The smallest absolute Gasteiger partial charge is 0.146 e. The van der Waals surface area contributed by atoms with E-state index in [1.807, 2.05) is 12.1 Å². The topological polar surface area (TPSA) is 15.3 Å². The van der Waals surface area contributed by atoms with Crippen LogP contribution in [0, 0.1) is 5.82 Å². The summed E-state index contributed by atoms with van der Waals surface area (Å²) in [7, 11) is 0. The van der Waals surface area contributed by atoms with Crippen LogP contribution in [0.25, 0.3) is 0 Å². The van der Waals surface area contributed by atoms with E-state index in [1.165, 1.54) is 31.2 Å². The Bertz CT molecular complexity index is 373. The highest BCUT2D eigenvalue weighted by molar-refractivity contribution is 5.50. The van der Waals surface area contributed by atoms with Crippen molar-refractivity contribution in [2.75, 3.05) is 24.5 Å². The largest absolute Gasteiger partial charge is 0.369 e. The van der Waals surface area contributed by atoms with Crippen LogP contribution in [0.1, 0.15) is 38.2 Å². The number of rotatable bonds is 6. The molecule has 0 unspecified atom stereocenters. The molecular weight excluding hydrogens is 227 g/mol. The lowest BCUT2D eigenvalue weighted by atomic mass is 10.1. The van der Waals surface area contributed by atoms with Crippen molar-refractivity contribution in [1.29, 1.82) is 0 Å². The maximum Gasteiger partial charge on any atom is 0.146 e. The van der Waals surface area contributed by atoms with Crippen LogP contribution in [0.15, 0.2) is 18.2 Å². The SMILES string of the molecule is CCCCNCc1ccc(F)c(N2CCCC2)c1. The predicted octanol–water partition coefficient (Wildman–Crippen LogP) is 3.32. The van der Waals surface area contributed by atoms with Crippen molar-refractivity contribution in [2.24, 2.45) is 0 Å². The molecular formula is C15H23FN2. The fraction of sp³-hybridized carbons (Fsp3) is 0.600. The van der Waals surface area contributed by atoms with E-state index < -0.39 is 0 Å². The molecule has 1 aromatic carbocycles. The monoisotopic (exact) mass is 250 g/mol. The van der Waals surface area contributed by atoms with Crippen LogP contribution in [0.5, 0.6) is 0 Å². The van der Waals surface area contributed by atoms with Gasteiger partial charge in [-0.2, -0.15) is 0 Å². The third kappa shape index (κ3) is 3.45. The summed E-state index contributed by atoms with van der Waals surface area (Å²) < 4.78 is 13.8. The zero-order valence-electron chi connectivity index (χ0n) is 11.2. The van der Waals surface area contributed by atoms with E-state index in [9.17, 15) is 4.39 Å². The van der Waals surface area contributed by atoms with Crippen molar-refractivity contribution in [3.63, 3.8) is 0 Å². The molecule has 1 aliphatic rings. The lowest BCUT2D eigenvalue weighted by Crippen LogP contribution is -2.20. The molecule has 0 spiro atoms. The van der Waals surface area contributed by atoms with Gasteiger partial charge in [0.2, 0.25) is 0 Å². The first-order chi connectivity index (χ1) is 8.81. The van der Waals surface area contributed by atoms with Gasteiger partial charge >= 0.3 is 0 Å². The quantitative estimate of drug-likeness (QED) is 0.779. The van der Waals surface area contributed by atoms with Crippen molar-refractivity contribution in [1.82, 2.24) is 5.32 Å². The number of nitrogens with zero attached hydrogens (tertiary/aromatic N) is 1. The van der Waals surface area contributed by atoms with Gasteiger partial charge in [-0.1, -0.05) is 19.4 Å². The van der Waals surface area contributed by atoms with E-state index in [4.69, 9.17) is 0 Å². The number of anilines is 1. The van der Waals surface area contributed by atoms with E-state index >= 15 is 0 Å². The third-order valence-electron chi connectivity index (χ3n) is 3.49. The molecule has 1 N–H and O–H groups in total. The van der Waals surface area contributed by atoms with Gasteiger partial charge in [0.1, 0.15) is 5.82 Å². The number of unbranched alkanes of at least 4 members (excludes halogenated alkanes) is 1. The molecule has 1 fully saturated rings. The lowest BCUT2D eigenvalue weighted by molar-refractivity contribution is 0.617. The van der Waals surface area contributed by atoms with Crippen molar-refractivity contribution in [2.45, 2.75) is 39.2 Å². The summed E-state index contributed by atoms with van der Waals surface area (Å²) in [4.78, 5) is 2.16. The normalized spacial score (nSPS) is 15.3. The van der Waals surface area contributed by atoms with Crippen LogP contribution in [-0.4, -0.2) is 19.6 Å². The summed E-state index contributed by atoms with van der Waals surface area (Å²) >= 11 is 0. The Morgan fingerprint density at radius 3 is 2.78 bits per heavy atom. The zero-order valence-corrected chi connectivity index (χ0v) is 11.2. The summed E-state index contributed by atoms with van der Waals surface area (Å²) in [6.45, 7) is 6.03. The van der Waals surface area contributed by atoms with Crippen LogP contribution in [0.2, 0.25) is 0 Å². The van der Waals surface area contributed by atoms with Crippen LogP contribution < -0.4 is 10.2 Å². The van der Waals surface area contributed by atoms with Crippen molar-refractivity contribution >= 4 is 5.69 Å². The highest BCUT2D eigenvalue weighted by Gasteiger charge is 2.16. The molecule has 1 heterocycles. The molecule has 18 heavy (non-hydrogen) atoms. The van der Waals surface area contributed by atoms with Gasteiger partial charge < -0.3 is 10.2 Å². The van der Waals surface area contributed by atoms with E-state index in [2.05, 4.69) is 17.1 Å². The summed E-state index contributed by atoms with van der Waals surface area (Å²) in [5, 5.41) is 3.40. The van der Waals surface area contributed by atoms with Gasteiger partial charge in [-0.3, -0.25) is 0 Å². The second-order valence-corrected chi connectivity index (χ2v) is 5.01. The summed E-state index contributed by atoms with van der Waals surface area (Å²) in [6, 6.07) is 5.48. The average Bonchev–Trinajstić information content (AvgIpc) is 2.90. The molecule has 1 aromatic rings. The molecule has 0 saturated carbocycles. The van der Waals surface area contributed by atoms with Crippen LogP contribution in [0.4, 0.5) is 10.1 Å². The van der Waals surface area contributed by atoms with Gasteiger partial charge in [0.25, 0.3) is 0 Å². The highest BCUT2D eigenvalue weighted by atomic mass is 19.1. The Morgan fingerprint density at radius 1 is 1.28 bits per heavy atom. The molecule has 1 aliphatic heterocycles. The van der Waals surface area contributed by atoms with E-state index in [1.54, 1.807) is 6.07 Å². The Hall–Kier alpha value is -1.09. The minimum Gasteiger partial charge on any atom is -0.369 e. The molecule has 1 saturated heterocycles. The molecule has 0 amide bonds. The first kappa shape index (κ1) is 13.3. The predicted molar refractivity (Wildman–Crippen MR) is 74.5 cm³/mol. The van der Waals surface area contributed by atoms with Crippen LogP contribution >= 0.6 is 0 Å². The lowest BCUT2D eigenvalue weighted by Gasteiger charge is -2.19. The average molecular weight is 250 g/mol. The summed E-state index contributed by atoms with van der Waals surface area (Å²) in [5.74, 6) is -0.0887. The highest BCUT2D eigenvalue weighted by Crippen LogP contribution is 2.24. The number of halogens is 1. The van der Waals surface area contributed by atoms with Crippen molar-refractivity contribution in [3.05, 3.63) is 29.6 Å². The fourth-order valence-corrected chi connectivity index (χ4v) is 2.40. The van der Waals surface area contributed by atoms with Crippen molar-refractivity contribution in [3.8, 4) is 0 Å². The second kappa shape index (κ2) is 6.74. The first-order valence-electron chi connectivity index (χ1n) is 7.05. The first-order valence-corrected chi connectivity index (χ1v) is 7.05. The number of hydrogen-bond donors (Lipinski definition) is 1. The van der Waals surface area contributed by atoms with E-state index in [0.29, 0.717) is 0 Å². The molecule has 0 aliphatic carbocycles. The Labute approximate surface area is 109 Å². The summed E-state index contributed by atoms with van der Waals surface area (Å²) in [5.41, 5.74) is 1.96. The number of nitrogens with one attached hydrogen (secondary N) is 1. The van der Waals surface area contributed by atoms with Gasteiger partial charge in [0, 0.05) is 19.6 Å². The van der Waals surface area contributed by atoms with Crippen molar-refractivity contribution < 1.29 is 4.39 Å². The third-order valence-corrected chi connectivity index (χ3v) is 3.49.